The highest BCUT2D eigenvalue weighted by molar-refractivity contribution is 5.48. The van der Waals surface area contributed by atoms with Crippen LogP contribution in [0.15, 0.2) is 0 Å². The molecule has 0 aliphatic heterocycles. The van der Waals surface area contributed by atoms with E-state index in [1.165, 1.54) is 0 Å². The Morgan fingerprint density at radius 2 is 2.00 bits per heavy atom. The van der Waals surface area contributed by atoms with Gasteiger partial charge >= 0.3 is 0 Å². The lowest BCUT2D eigenvalue weighted by atomic mass is 10.2. The lowest BCUT2D eigenvalue weighted by Crippen LogP contribution is -2.16. The van der Waals surface area contributed by atoms with E-state index in [0.717, 1.165) is 5.56 Å². The van der Waals surface area contributed by atoms with E-state index < -0.39 is 0 Å². The van der Waals surface area contributed by atoms with Gasteiger partial charge in [-0.15, -0.1) is 6.42 Å². The van der Waals surface area contributed by atoms with Crippen molar-refractivity contribution in [3.05, 3.63) is 11.4 Å². The number of nitrogens with two attached hydrogens (primary N) is 1. The van der Waals surface area contributed by atoms with E-state index in [4.69, 9.17) is 17.0 Å². The lowest BCUT2D eigenvalue weighted by Gasteiger charge is -2.15. The number of rotatable bonds is 4. The van der Waals surface area contributed by atoms with Crippen molar-refractivity contribution in [1.82, 2.24) is 9.97 Å². The Morgan fingerprint density at radius 1 is 1.35 bits per heavy atom. The quantitative estimate of drug-likeness (QED) is 0.470. The first kappa shape index (κ1) is 13.3. The molecular formula is C12H18N4O. The first-order valence-electron chi connectivity index (χ1n) is 5.47. The van der Waals surface area contributed by atoms with Gasteiger partial charge in [0.25, 0.3) is 0 Å². The Labute approximate surface area is 102 Å². The number of hydrogen-bond acceptors (Lipinski definition) is 5. The molecule has 0 aliphatic rings. The standard InChI is InChI=1S/C12H18N4O/c1-6-8(4)17-12-9(5)11(16-13)14-10(15-12)7(2)3/h1,7-8H,13H2,2-5H3,(H,14,15,16). The van der Waals surface area contributed by atoms with Gasteiger partial charge in [0.05, 0.1) is 5.56 Å². The van der Waals surface area contributed by atoms with Gasteiger partial charge in [-0.25, -0.2) is 10.8 Å². The van der Waals surface area contributed by atoms with Gasteiger partial charge in [0, 0.05) is 5.92 Å². The van der Waals surface area contributed by atoms with E-state index in [2.05, 4.69) is 21.3 Å². The van der Waals surface area contributed by atoms with Gasteiger partial charge in [-0.3, -0.25) is 0 Å². The van der Waals surface area contributed by atoms with Gasteiger partial charge in [-0.05, 0) is 13.8 Å². The molecule has 1 unspecified atom stereocenters. The zero-order valence-electron chi connectivity index (χ0n) is 10.6. The summed E-state index contributed by atoms with van der Waals surface area (Å²) in [5, 5.41) is 0. The molecule has 0 aromatic carbocycles. The summed E-state index contributed by atoms with van der Waals surface area (Å²) in [5.74, 6) is 9.80. The average molecular weight is 234 g/mol. The maximum Gasteiger partial charge on any atom is 0.223 e. The van der Waals surface area contributed by atoms with Crippen molar-refractivity contribution >= 4 is 5.82 Å². The molecule has 1 heterocycles. The van der Waals surface area contributed by atoms with Crippen LogP contribution in [-0.4, -0.2) is 16.1 Å². The maximum atomic E-state index is 5.54. The molecule has 0 fully saturated rings. The summed E-state index contributed by atoms with van der Waals surface area (Å²) in [4.78, 5) is 8.65. The Bertz CT molecular complexity index is 437. The van der Waals surface area contributed by atoms with E-state index in [-0.39, 0.29) is 12.0 Å². The number of nitrogen functional groups attached to an aromatic ring is 1. The third kappa shape index (κ3) is 3.08. The van der Waals surface area contributed by atoms with E-state index in [1.807, 2.05) is 20.8 Å². The van der Waals surface area contributed by atoms with Crippen molar-refractivity contribution < 1.29 is 4.74 Å². The molecule has 1 atom stereocenters. The van der Waals surface area contributed by atoms with E-state index in [1.54, 1.807) is 6.92 Å². The highest BCUT2D eigenvalue weighted by Gasteiger charge is 2.14. The Balaban J connectivity index is 3.19. The molecule has 17 heavy (non-hydrogen) atoms. The molecule has 0 aliphatic carbocycles. The number of ether oxygens (including phenoxy) is 1. The van der Waals surface area contributed by atoms with E-state index >= 15 is 0 Å². The summed E-state index contributed by atoms with van der Waals surface area (Å²) in [7, 11) is 0. The Kier molecular flexibility index (Phi) is 4.30. The minimum absolute atomic E-state index is 0.186. The predicted molar refractivity (Wildman–Crippen MR) is 67.6 cm³/mol. The fourth-order valence-corrected chi connectivity index (χ4v) is 1.23. The number of nitrogens with zero attached hydrogens (tertiary/aromatic N) is 2. The van der Waals surface area contributed by atoms with Crippen LogP contribution >= 0.6 is 0 Å². The third-order valence-electron chi connectivity index (χ3n) is 2.29. The molecule has 1 rings (SSSR count). The molecule has 0 saturated heterocycles. The second-order valence-electron chi connectivity index (χ2n) is 4.09. The van der Waals surface area contributed by atoms with Crippen LogP contribution in [0.2, 0.25) is 0 Å². The zero-order chi connectivity index (χ0) is 13.0. The second-order valence-corrected chi connectivity index (χ2v) is 4.09. The molecule has 5 heteroatoms. The smallest absolute Gasteiger partial charge is 0.223 e. The van der Waals surface area contributed by atoms with Gasteiger partial charge in [0.15, 0.2) is 6.10 Å². The molecule has 0 bridgehead atoms. The molecule has 92 valence electrons. The summed E-state index contributed by atoms with van der Waals surface area (Å²) in [5.41, 5.74) is 3.29. The van der Waals surface area contributed by atoms with Gasteiger partial charge in [-0.1, -0.05) is 19.8 Å². The van der Waals surface area contributed by atoms with Crippen LogP contribution in [0.5, 0.6) is 5.88 Å². The first-order chi connectivity index (χ1) is 7.99. The minimum Gasteiger partial charge on any atom is -0.461 e. The molecule has 0 radical (unpaired) electrons. The third-order valence-corrected chi connectivity index (χ3v) is 2.29. The normalized spacial score (nSPS) is 12.1. The molecule has 3 N–H and O–H groups in total. The number of hydrogen-bond donors (Lipinski definition) is 2. The van der Waals surface area contributed by atoms with Gasteiger partial charge in [-0.2, -0.15) is 4.98 Å². The molecule has 1 aromatic rings. The SMILES string of the molecule is C#CC(C)Oc1nc(C(C)C)nc(NN)c1C. The molecule has 1 aromatic heterocycles. The van der Waals surface area contributed by atoms with Gasteiger partial charge in [0.1, 0.15) is 11.6 Å². The van der Waals surface area contributed by atoms with E-state index in [0.29, 0.717) is 17.5 Å². The summed E-state index contributed by atoms with van der Waals surface area (Å²) in [6.45, 7) is 7.61. The van der Waals surface area contributed by atoms with Crippen LogP contribution < -0.4 is 16.0 Å². The molecule has 0 amide bonds. The molecule has 0 saturated carbocycles. The summed E-state index contributed by atoms with van der Waals surface area (Å²) in [6.07, 6.45) is 4.94. The zero-order valence-corrected chi connectivity index (χ0v) is 10.6. The molecular weight excluding hydrogens is 216 g/mol. The van der Waals surface area contributed by atoms with Crippen molar-refractivity contribution in [3.63, 3.8) is 0 Å². The van der Waals surface area contributed by atoms with Crippen molar-refractivity contribution in [2.45, 2.75) is 39.7 Å². The van der Waals surface area contributed by atoms with Crippen molar-refractivity contribution in [2.24, 2.45) is 5.84 Å². The molecule has 5 nitrogen and oxygen atoms in total. The topological polar surface area (TPSA) is 73.1 Å². The number of terminal acetylenes is 1. The number of aromatic nitrogens is 2. The number of nitrogens with one attached hydrogen (secondary N) is 1. The summed E-state index contributed by atoms with van der Waals surface area (Å²) < 4.78 is 5.54. The summed E-state index contributed by atoms with van der Waals surface area (Å²) >= 11 is 0. The van der Waals surface area contributed by atoms with Gasteiger partial charge in [0.2, 0.25) is 5.88 Å². The maximum absolute atomic E-state index is 5.54. The fourth-order valence-electron chi connectivity index (χ4n) is 1.23. The Hall–Kier alpha value is -1.80. The lowest BCUT2D eigenvalue weighted by molar-refractivity contribution is 0.264. The van der Waals surface area contributed by atoms with Crippen molar-refractivity contribution in [3.8, 4) is 18.2 Å². The summed E-state index contributed by atoms with van der Waals surface area (Å²) in [6, 6.07) is 0. The van der Waals surface area contributed by atoms with Crippen molar-refractivity contribution in [1.29, 1.82) is 0 Å². The highest BCUT2D eigenvalue weighted by Crippen LogP contribution is 2.24. The minimum atomic E-state index is -0.339. The highest BCUT2D eigenvalue weighted by atomic mass is 16.5. The number of anilines is 1. The monoisotopic (exact) mass is 234 g/mol. The van der Waals surface area contributed by atoms with Crippen LogP contribution in [0.25, 0.3) is 0 Å². The fraction of sp³-hybridized carbons (Fsp3) is 0.500. The van der Waals surface area contributed by atoms with Crippen LogP contribution in [0.3, 0.4) is 0 Å². The predicted octanol–water partition coefficient (Wildman–Crippen LogP) is 1.59. The van der Waals surface area contributed by atoms with Crippen molar-refractivity contribution in [2.75, 3.05) is 5.43 Å². The van der Waals surface area contributed by atoms with Crippen LogP contribution in [-0.2, 0) is 0 Å². The first-order valence-corrected chi connectivity index (χ1v) is 5.47. The van der Waals surface area contributed by atoms with Crippen LogP contribution in [0.1, 0.15) is 38.1 Å². The molecule has 0 spiro atoms. The van der Waals surface area contributed by atoms with E-state index in [9.17, 15) is 0 Å². The van der Waals surface area contributed by atoms with Gasteiger partial charge < -0.3 is 10.2 Å². The van der Waals surface area contributed by atoms with Crippen LogP contribution in [0, 0.1) is 19.3 Å². The average Bonchev–Trinajstić information content (AvgIpc) is 2.31. The Morgan fingerprint density at radius 3 is 2.47 bits per heavy atom. The second kappa shape index (κ2) is 5.51. The largest absolute Gasteiger partial charge is 0.461 e. The number of hydrazine groups is 1. The van der Waals surface area contributed by atoms with Crippen LogP contribution in [0.4, 0.5) is 5.82 Å².